The predicted molar refractivity (Wildman–Crippen MR) is 84.1 cm³/mol. The Morgan fingerprint density at radius 1 is 1.50 bits per heavy atom. The highest BCUT2D eigenvalue weighted by Gasteiger charge is 2.33. The molecule has 1 heterocycles. The highest BCUT2D eigenvalue weighted by molar-refractivity contribution is 6.30. The number of carboxylic acids is 1. The Bertz CT molecular complexity index is 571. The minimum Gasteiger partial charge on any atom is -0.481 e. The normalized spacial score (nSPS) is 19.3. The number of halogens is 3. The fourth-order valence-electron chi connectivity index (χ4n) is 2.34. The minimum absolute atomic E-state index is 0. The SMILES string of the molecule is CC(C(=O)Nc1cc(Cl)ccc1F)N1CCC(C(=O)O)C1.Cl. The van der Waals surface area contributed by atoms with Gasteiger partial charge in [0.15, 0.2) is 0 Å². The van der Waals surface area contributed by atoms with Crippen LogP contribution in [0.4, 0.5) is 10.1 Å². The Morgan fingerprint density at radius 3 is 2.77 bits per heavy atom. The first kappa shape index (κ1) is 18.7. The van der Waals surface area contributed by atoms with Crippen molar-refractivity contribution < 1.29 is 19.1 Å². The second-order valence-corrected chi connectivity index (χ2v) is 5.54. The summed E-state index contributed by atoms with van der Waals surface area (Å²) in [6, 6.07) is 3.38. The van der Waals surface area contributed by atoms with Crippen molar-refractivity contribution in [3.05, 3.63) is 29.0 Å². The number of likely N-dealkylation sites (tertiary alicyclic amines) is 1. The number of nitrogens with zero attached hydrogens (tertiary/aromatic N) is 1. The summed E-state index contributed by atoms with van der Waals surface area (Å²) in [7, 11) is 0. The molecular formula is C14H17Cl2FN2O3. The molecule has 0 aliphatic carbocycles. The molecule has 1 amide bonds. The molecule has 0 spiro atoms. The van der Waals surface area contributed by atoms with Gasteiger partial charge in [-0.15, -0.1) is 12.4 Å². The van der Waals surface area contributed by atoms with Crippen molar-refractivity contribution in [2.75, 3.05) is 18.4 Å². The molecular weight excluding hydrogens is 334 g/mol. The zero-order valence-corrected chi connectivity index (χ0v) is 13.5. The van der Waals surface area contributed by atoms with Crippen LogP contribution in [0.1, 0.15) is 13.3 Å². The fourth-order valence-corrected chi connectivity index (χ4v) is 2.51. The summed E-state index contributed by atoms with van der Waals surface area (Å²) in [5.74, 6) is -2.26. The van der Waals surface area contributed by atoms with Crippen LogP contribution >= 0.6 is 24.0 Å². The van der Waals surface area contributed by atoms with Crippen LogP contribution in [0.2, 0.25) is 5.02 Å². The molecule has 0 radical (unpaired) electrons. The Morgan fingerprint density at radius 2 is 2.18 bits per heavy atom. The van der Waals surface area contributed by atoms with E-state index in [1.165, 1.54) is 18.2 Å². The van der Waals surface area contributed by atoms with E-state index in [4.69, 9.17) is 16.7 Å². The van der Waals surface area contributed by atoms with Gasteiger partial charge >= 0.3 is 5.97 Å². The van der Waals surface area contributed by atoms with E-state index in [0.29, 0.717) is 24.5 Å². The number of carbonyl (C=O) groups excluding carboxylic acids is 1. The van der Waals surface area contributed by atoms with Crippen LogP contribution in [0.5, 0.6) is 0 Å². The van der Waals surface area contributed by atoms with Crippen molar-refractivity contribution in [3.63, 3.8) is 0 Å². The quantitative estimate of drug-likeness (QED) is 0.875. The molecule has 1 aromatic carbocycles. The molecule has 122 valence electrons. The van der Waals surface area contributed by atoms with E-state index in [2.05, 4.69) is 5.32 Å². The van der Waals surface area contributed by atoms with Gasteiger partial charge in [0, 0.05) is 11.6 Å². The van der Waals surface area contributed by atoms with Crippen molar-refractivity contribution >= 4 is 41.6 Å². The Labute approximate surface area is 138 Å². The van der Waals surface area contributed by atoms with Crippen LogP contribution in [-0.2, 0) is 9.59 Å². The molecule has 2 atom stereocenters. The lowest BCUT2D eigenvalue weighted by Crippen LogP contribution is -2.41. The summed E-state index contributed by atoms with van der Waals surface area (Å²) in [6.45, 7) is 2.52. The average Bonchev–Trinajstić information content (AvgIpc) is 2.91. The van der Waals surface area contributed by atoms with E-state index in [1.807, 2.05) is 0 Å². The fraction of sp³-hybridized carbons (Fsp3) is 0.429. The predicted octanol–water partition coefficient (Wildman–Crippen LogP) is 2.63. The lowest BCUT2D eigenvalue weighted by atomic mass is 10.1. The van der Waals surface area contributed by atoms with Crippen LogP contribution in [0.25, 0.3) is 0 Å². The maximum absolute atomic E-state index is 13.6. The van der Waals surface area contributed by atoms with E-state index < -0.39 is 23.7 Å². The number of hydrogen-bond acceptors (Lipinski definition) is 3. The Hall–Kier alpha value is -1.37. The molecule has 2 rings (SSSR count). The number of carbonyl (C=O) groups is 2. The van der Waals surface area contributed by atoms with Crippen LogP contribution < -0.4 is 5.32 Å². The van der Waals surface area contributed by atoms with Crippen molar-refractivity contribution in [3.8, 4) is 0 Å². The highest BCUT2D eigenvalue weighted by atomic mass is 35.5. The van der Waals surface area contributed by atoms with Crippen LogP contribution in [-0.4, -0.2) is 41.0 Å². The summed E-state index contributed by atoms with van der Waals surface area (Å²) in [5, 5.41) is 11.8. The lowest BCUT2D eigenvalue weighted by molar-refractivity contribution is -0.141. The summed E-state index contributed by atoms with van der Waals surface area (Å²) in [5.41, 5.74) is 0.0216. The molecule has 2 unspecified atom stereocenters. The zero-order chi connectivity index (χ0) is 15.6. The van der Waals surface area contributed by atoms with Gasteiger partial charge in [0.2, 0.25) is 5.91 Å². The van der Waals surface area contributed by atoms with E-state index in [0.717, 1.165) is 0 Å². The molecule has 1 aromatic rings. The number of aliphatic carboxylic acids is 1. The molecule has 0 bridgehead atoms. The number of amides is 1. The lowest BCUT2D eigenvalue weighted by Gasteiger charge is -2.23. The maximum Gasteiger partial charge on any atom is 0.307 e. The first-order valence-electron chi connectivity index (χ1n) is 6.61. The molecule has 8 heteroatoms. The topological polar surface area (TPSA) is 69.6 Å². The molecule has 1 aliphatic heterocycles. The van der Waals surface area contributed by atoms with Gasteiger partial charge in [0.25, 0.3) is 0 Å². The molecule has 22 heavy (non-hydrogen) atoms. The van der Waals surface area contributed by atoms with Crippen molar-refractivity contribution in [2.45, 2.75) is 19.4 Å². The summed E-state index contributed by atoms with van der Waals surface area (Å²) in [6.07, 6.45) is 0.512. The molecule has 0 saturated carbocycles. The van der Waals surface area contributed by atoms with Gasteiger partial charge in [-0.2, -0.15) is 0 Å². The van der Waals surface area contributed by atoms with Gasteiger partial charge in [-0.25, -0.2) is 4.39 Å². The first-order chi connectivity index (χ1) is 9.88. The molecule has 1 fully saturated rings. The Balaban J connectivity index is 0.00000242. The molecule has 5 nitrogen and oxygen atoms in total. The summed E-state index contributed by atoms with van der Waals surface area (Å²) < 4.78 is 13.6. The van der Waals surface area contributed by atoms with Crippen molar-refractivity contribution in [2.24, 2.45) is 5.92 Å². The van der Waals surface area contributed by atoms with Gasteiger partial charge in [-0.1, -0.05) is 11.6 Å². The number of carboxylic acid groups (broad SMARTS) is 1. The maximum atomic E-state index is 13.6. The van der Waals surface area contributed by atoms with Crippen LogP contribution in [0, 0.1) is 11.7 Å². The average molecular weight is 351 g/mol. The van der Waals surface area contributed by atoms with E-state index in [-0.39, 0.29) is 24.0 Å². The summed E-state index contributed by atoms with van der Waals surface area (Å²) >= 11 is 5.77. The third-order valence-corrected chi connectivity index (χ3v) is 3.92. The van der Waals surface area contributed by atoms with E-state index >= 15 is 0 Å². The number of anilines is 1. The monoisotopic (exact) mass is 350 g/mol. The molecule has 2 N–H and O–H groups in total. The van der Waals surface area contributed by atoms with E-state index in [9.17, 15) is 14.0 Å². The van der Waals surface area contributed by atoms with Gasteiger partial charge in [-0.3, -0.25) is 14.5 Å². The van der Waals surface area contributed by atoms with Gasteiger partial charge < -0.3 is 10.4 Å². The second kappa shape index (κ2) is 7.76. The standard InChI is InChI=1S/C14H16ClFN2O3.ClH/c1-8(18-5-4-9(7-18)14(20)21)13(19)17-12-6-10(15)2-3-11(12)16;/h2-3,6,8-9H,4-5,7H2,1H3,(H,17,19)(H,20,21);1H. The first-order valence-corrected chi connectivity index (χ1v) is 6.99. The van der Waals surface area contributed by atoms with Gasteiger partial charge in [0.05, 0.1) is 17.6 Å². The van der Waals surface area contributed by atoms with Crippen LogP contribution in [0.15, 0.2) is 18.2 Å². The number of nitrogens with one attached hydrogen (secondary N) is 1. The third-order valence-electron chi connectivity index (χ3n) is 3.68. The number of rotatable bonds is 4. The minimum atomic E-state index is -0.856. The highest BCUT2D eigenvalue weighted by Crippen LogP contribution is 2.22. The van der Waals surface area contributed by atoms with Crippen molar-refractivity contribution in [1.29, 1.82) is 0 Å². The molecule has 1 aliphatic rings. The zero-order valence-electron chi connectivity index (χ0n) is 11.9. The summed E-state index contributed by atoms with van der Waals surface area (Å²) in [4.78, 5) is 24.8. The number of benzene rings is 1. The van der Waals surface area contributed by atoms with E-state index in [1.54, 1.807) is 11.8 Å². The van der Waals surface area contributed by atoms with Gasteiger partial charge in [0.1, 0.15) is 5.82 Å². The largest absolute Gasteiger partial charge is 0.481 e. The van der Waals surface area contributed by atoms with Crippen LogP contribution in [0.3, 0.4) is 0 Å². The van der Waals surface area contributed by atoms with Gasteiger partial charge in [-0.05, 0) is 38.1 Å². The second-order valence-electron chi connectivity index (χ2n) is 5.11. The Kier molecular flexibility index (Phi) is 6.59. The third kappa shape index (κ3) is 4.32. The molecule has 0 aromatic heterocycles. The van der Waals surface area contributed by atoms with Crippen molar-refractivity contribution in [1.82, 2.24) is 4.90 Å². The number of hydrogen-bond donors (Lipinski definition) is 2. The smallest absolute Gasteiger partial charge is 0.307 e. The molecule has 1 saturated heterocycles.